The molecular weight excluding hydrogens is 280 g/mol. The molecular formula is C16H16N4O2. The zero-order valence-corrected chi connectivity index (χ0v) is 12.4. The van der Waals surface area contributed by atoms with Gasteiger partial charge in [-0.15, -0.1) is 0 Å². The van der Waals surface area contributed by atoms with Crippen LogP contribution in [-0.4, -0.2) is 27.3 Å². The van der Waals surface area contributed by atoms with E-state index in [0.717, 1.165) is 5.69 Å². The lowest BCUT2D eigenvalue weighted by molar-refractivity contribution is 0.0526. The third-order valence-corrected chi connectivity index (χ3v) is 3.42. The van der Waals surface area contributed by atoms with Gasteiger partial charge < -0.3 is 10.5 Å². The van der Waals surface area contributed by atoms with Crippen molar-refractivity contribution in [2.75, 3.05) is 12.3 Å². The topological polar surface area (TPSA) is 83.0 Å². The van der Waals surface area contributed by atoms with Gasteiger partial charge in [-0.3, -0.25) is 0 Å². The predicted octanol–water partition coefficient (Wildman–Crippen LogP) is 2.49. The highest BCUT2D eigenvalue weighted by atomic mass is 16.5. The van der Waals surface area contributed by atoms with Crippen LogP contribution in [0.5, 0.6) is 0 Å². The van der Waals surface area contributed by atoms with Crippen LogP contribution in [0.3, 0.4) is 0 Å². The number of carbonyl (C=O) groups excluding carboxylic acids is 1. The first kappa shape index (κ1) is 14.1. The van der Waals surface area contributed by atoms with E-state index >= 15 is 0 Å². The molecule has 0 saturated heterocycles. The van der Waals surface area contributed by atoms with Gasteiger partial charge in [0.15, 0.2) is 5.65 Å². The average Bonchev–Trinajstić information content (AvgIpc) is 2.92. The van der Waals surface area contributed by atoms with E-state index in [-0.39, 0.29) is 0 Å². The smallest absolute Gasteiger partial charge is 0.342 e. The molecule has 0 atom stereocenters. The number of hydrogen-bond acceptors (Lipinski definition) is 5. The number of aryl methyl sites for hydroxylation is 1. The van der Waals surface area contributed by atoms with Gasteiger partial charge in [-0.1, -0.05) is 18.2 Å². The van der Waals surface area contributed by atoms with Crippen molar-refractivity contribution < 1.29 is 9.53 Å². The average molecular weight is 296 g/mol. The van der Waals surface area contributed by atoms with Crippen LogP contribution in [0.4, 0.5) is 5.69 Å². The summed E-state index contributed by atoms with van der Waals surface area (Å²) >= 11 is 0. The van der Waals surface area contributed by atoms with Crippen LogP contribution in [0, 0.1) is 6.92 Å². The minimum absolute atomic E-state index is 0.291. The summed E-state index contributed by atoms with van der Waals surface area (Å²) in [5, 5.41) is 4.97. The second-order valence-corrected chi connectivity index (χ2v) is 4.84. The normalized spacial score (nSPS) is 10.8. The van der Waals surface area contributed by atoms with Crippen molar-refractivity contribution in [1.29, 1.82) is 0 Å². The van der Waals surface area contributed by atoms with E-state index in [4.69, 9.17) is 10.5 Å². The first-order chi connectivity index (χ1) is 10.6. The molecule has 0 aliphatic carbocycles. The van der Waals surface area contributed by atoms with Gasteiger partial charge in [0.05, 0.1) is 35.3 Å². The molecule has 2 heterocycles. The first-order valence-electron chi connectivity index (χ1n) is 6.99. The number of esters is 1. The van der Waals surface area contributed by atoms with Crippen molar-refractivity contribution >= 4 is 22.7 Å². The van der Waals surface area contributed by atoms with Crippen LogP contribution < -0.4 is 5.73 Å². The number of hydrogen-bond donors (Lipinski definition) is 1. The van der Waals surface area contributed by atoms with Crippen molar-refractivity contribution in [2.24, 2.45) is 0 Å². The number of nitrogen functional groups attached to an aromatic ring is 1. The Balaban J connectivity index is 2.21. The number of para-hydroxylation sites is 1. The minimum Gasteiger partial charge on any atom is -0.462 e. The van der Waals surface area contributed by atoms with E-state index in [1.807, 2.05) is 30.3 Å². The number of pyridine rings is 1. The SMILES string of the molecule is CCOC(=O)c1c(C)nc2c(cnn2-c2ccccc2)c1N. The van der Waals surface area contributed by atoms with Crippen molar-refractivity contribution in [3.63, 3.8) is 0 Å². The van der Waals surface area contributed by atoms with Crippen molar-refractivity contribution in [1.82, 2.24) is 14.8 Å². The fraction of sp³-hybridized carbons (Fsp3) is 0.188. The van der Waals surface area contributed by atoms with E-state index in [1.165, 1.54) is 0 Å². The Labute approximate surface area is 127 Å². The number of nitrogens with zero attached hydrogens (tertiary/aromatic N) is 3. The van der Waals surface area contributed by atoms with Crippen molar-refractivity contribution in [3.8, 4) is 5.69 Å². The number of fused-ring (bicyclic) bond motifs is 1. The molecule has 0 amide bonds. The highest BCUT2D eigenvalue weighted by molar-refractivity contribution is 6.04. The standard InChI is InChI=1S/C16H16N4O2/c1-3-22-16(21)13-10(2)19-15-12(14(13)17)9-18-20(15)11-7-5-4-6-8-11/h4-9H,3H2,1-2H3,(H2,17,19). The van der Waals surface area contributed by atoms with Crippen LogP contribution in [-0.2, 0) is 4.74 Å². The number of carbonyl (C=O) groups is 1. The second kappa shape index (κ2) is 5.48. The molecule has 2 N–H and O–H groups in total. The van der Waals surface area contributed by atoms with Gasteiger partial charge in [-0.2, -0.15) is 5.10 Å². The van der Waals surface area contributed by atoms with Crippen LogP contribution >= 0.6 is 0 Å². The van der Waals surface area contributed by atoms with E-state index in [9.17, 15) is 4.79 Å². The van der Waals surface area contributed by atoms with Crippen molar-refractivity contribution in [2.45, 2.75) is 13.8 Å². The molecule has 1 aromatic carbocycles. The summed E-state index contributed by atoms with van der Waals surface area (Å²) in [6.45, 7) is 3.78. The van der Waals surface area contributed by atoms with Gasteiger partial charge in [-0.05, 0) is 26.0 Å². The zero-order chi connectivity index (χ0) is 15.7. The number of nitrogens with two attached hydrogens (primary N) is 1. The molecule has 0 spiro atoms. The van der Waals surface area contributed by atoms with Gasteiger partial charge in [0.2, 0.25) is 0 Å². The lowest BCUT2D eigenvalue weighted by Crippen LogP contribution is -2.12. The van der Waals surface area contributed by atoms with Crippen LogP contribution in [0.1, 0.15) is 23.0 Å². The molecule has 3 aromatic rings. The van der Waals surface area contributed by atoms with E-state index in [1.54, 1.807) is 24.7 Å². The molecule has 112 valence electrons. The Morgan fingerprint density at radius 1 is 1.32 bits per heavy atom. The summed E-state index contributed by atoms with van der Waals surface area (Å²) in [4.78, 5) is 16.5. The molecule has 6 heteroatoms. The van der Waals surface area contributed by atoms with Gasteiger partial charge in [-0.25, -0.2) is 14.5 Å². The van der Waals surface area contributed by atoms with Crippen LogP contribution in [0.25, 0.3) is 16.7 Å². The quantitative estimate of drug-likeness (QED) is 0.751. The van der Waals surface area contributed by atoms with E-state index in [2.05, 4.69) is 10.1 Å². The monoisotopic (exact) mass is 296 g/mol. The third-order valence-electron chi connectivity index (χ3n) is 3.42. The minimum atomic E-state index is -0.459. The van der Waals surface area contributed by atoms with Crippen LogP contribution in [0.15, 0.2) is 36.5 Å². The number of rotatable bonds is 3. The fourth-order valence-corrected chi connectivity index (χ4v) is 2.40. The summed E-state index contributed by atoms with van der Waals surface area (Å²) in [5.74, 6) is -0.459. The molecule has 2 aromatic heterocycles. The van der Waals surface area contributed by atoms with E-state index in [0.29, 0.717) is 34.6 Å². The maximum Gasteiger partial charge on any atom is 0.342 e. The highest BCUT2D eigenvalue weighted by Gasteiger charge is 2.20. The summed E-state index contributed by atoms with van der Waals surface area (Å²) in [6.07, 6.45) is 1.62. The van der Waals surface area contributed by atoms with Gasteiger partial charge in [0, 0.05) is 0 Å². The Hall–Kier alpha value is -2.89. The third kappa shape index (κ3) is 2.18. The second-order valence-electron chi connectivity index (χ2n) is 4.84. The first-order valence-corrected chi connectivity index (χ1v) is 6.99. The molecule has 3 rings (SSSR count). The number of benzene rings is 1. The largest absolute Gasteiger partial charge is 0.462 e. The molecule has 0 radical (unpaired) electrons. The summed E-state index contributed by atoms with van der Waals surface area (Å²) in [6, 6.07) is 9.64. The Bertz CT molecular complexity index is 840. The van der Waals surface area contributed by atoms with Crippen molar-refractivity contribution in [3.05, 3.63) is 47.8 Å². The lowest BCUT2D eigenvalue weighted by atomic mass is 10.1. The lowest BCUT2D eigenvalue weighted by Gasteiger charge is -2.10. The molecule has 0 fully saturated rings. The molecule has 22 heavy (non-hydrogen) atoms. The maximum absolute atomic E-state index is 12.0. The molecule has 6 nitrogen and oxygen atoms in total. The molecule has 0 unspecified atom stereocenters. The van der Waals surface area contributed by atoms with Gasteiger partial charge in [0.25, 0.3) is 0 Å². The Morgan fingerprint density at radius 2 is 2.05 bits per heavy atom. The summed E-state index contributed by atoms with van der Waals surface area (Å²) < 4.78 is 6.75. The summed E-state index contributed by atoms with van der Waals surface area (Å²) in [7, 11) is 0. The molecule has 0 aliphatic rings. The van der Waals surface area contributed by atoms with E-state index < -0.39 is 5.97 Å². The Kier molecular flexibility index (Phi) is 3.50. The molecule has 0 aliphatic heterocycles. The molecule has 0 bridgehead atoms. The predicted molar refractivity (Wildman–Crippen MR) is 84.0 cm³/mol. The number of aromatic nitrogens is 3. The summed E-state index contributed by atoms with van der Waals surface area (Å²) in [5.41, 5.74) is 8.84. The maximum atomic E-state index is 12.0. The zero-order valence-electron chi connectivity index (χ0n) is 12.4. The highest BCUT2D eigenvalue weighted by Crippen LogP contribution is 2.27. The van der Waals surface area contributed by atoms with Gasteiger partial charge >= 0.3 is 5.97 Å². The fourth-order valence-electron chi connectivity index (χ4n) is 2.40. The van der Waals surface area contributed by atoms with Crippen LogP contribution in [0.2, 0.25) is 0 Å². The number of ether oxygens (including phenoxy) is 1. The van der Waals surface area contributed by atoms with Gasteiger partial charge in [0.1, 0.15) is 5.56 Å². The Morgan fingerprint density at radius 3 is 2.73 bits per heavy atom. The molecule has 0 saturated carbocycles. The number of anilines is 1.